The van der Waals surface area contributed by atoms with Gasteiger partial charge in [0.25, 0.3) is 5.69 Å². The van der Waals surface area contributed by atoms with E-state index in [1.165, 1.54) is 12.1 Å². The number of hydrogen-bond donors (Lipinski definition) is 2. The van der Waals surface area contributed by atoms with Crippen LogP contribution in [-0.4, -0.2) is 45.4 Å². The van der Waals surface area contributed by atoms with Gasteiger partial charge in [-0.25, -0.2) is 0 Å². The van der Waals surface area contributed by atoms with Gasteiger partial charge in [0.05, 0.1) is 10.6 Å². The number of nitro benzene ring substituents is 1. The third kappa shape index (κ3) is 3.27. The molecule has 0 bridgehead atoms. The van der Waals surface area contributed by atoms with Gasteiger partial charge in [0.1, 0.15) is 0 Å². The lowest BCUT2D eigenvalue weighted by Gasteiger charge is -2.12. The van der Waals surface area contributed by atoms with Gasteiger partial charge >= 0.3 is 0 Å². The molecule has 1 aromatic heterocycles. The van der Waals surface area contributed by atoms with Crippen molar-refractivity contribution in [1.29, 1.82) is 0 Å². The zero-order valence-electron chi connectivity index (χ0n) is 14.1. The Morgan fingerprint density at radius 2 is 1.72 bits per heavy atom. The molecule has 8 heteroatoms. The van der Waals surface area contributed by atoms with Crippen molar-refractivity contribution in [3.63, 3.8) is 0 Å². The Balaban J connectivity index is 2.19. The minimum Gasteiger partial charge on any atom is -0.340 e. The van der Waals surface area contributed by atoms with Gasteiger partial charge in [-0.2, -0.15) is 0 Å². The van der Waals surface area contributed by atoms with E-state index in [0.717, 1.165) is 41.3 Å². The quantitative estimate of drug-likeness (QED) is 0.526. The number of aromatic nitrogens is 1. The fourth-order valence-electron chi connectivity index (χ4n) is 3.10. The molecule has 0 fully saturated rings. The number of aryl methyl sites for hydroxylation is 1. The zero-order valence-corrected chi connectivity index (χ0v) is 14.1. The normalized spacial score (nSPS) is 11.6. The summed E-state index contributed by atoms with van der Waals surface area (Å²) in [5.41, 5.74) is 2.00. The Morgan fingerprint density at radius 3 is 2.32 bits per heavy atom. The van der Waals surface area contributed by atoms with E-state index < -0.39 is 4.92 Å². The number of nitro groups is 1. The van der Waals surface area contributed by atoms with Crippen molar-refractivity contribution in [2.45, 2.75) is 13.0 Å². The van der Waals surface area contributed by atoms with Crippen LogP contribution < -0.4 is 5.23 Å². The van der Waals surface area contributed by atoms with Gasteiger partial charge in [0.15, 0.2) is 0 Å². The molecular weight excluding hydrogens is 324 g/mol. The van der Waals surface area contributed by atoms with E-state index in [2.05, 4.69) is 9.47 Å². The van der Waals surface area contributed by atoms with Crippen LogP contribution in [0.1, 0.15) is 6.42 Å². The van der Waals surface area contributed by atoms with Crippen molar-refractivity contribution in [1.82, 2.24) is 9.47 Å². The molecule has 0 aliphatic rings. The zero-order chi connectivity index (χ0) is 18.1. The molecule has 3 rings (SSSR count). The SMILES string of the molecule is CN(C)CCCn1c2ccc(N(O)O)cc2c2cc([N+](=O)[O-])ccc21. The number of fused-ring (bicyclic) bond motifs is 3. The Morgan fingerprint density at radius 1 is 1.08 bits per heavy atom. The van der Waals surface area contributed by atoms with Gasteiger partial charge in [0, 0.05) is 40.5 Å². The van der Waals surface area contributed by atoms with Crippen LogP contribution in [0, 0.1) is 10.1 Å². The number of anilines is 1. The molecule has 0 aliphatic carbocycles. The molecule has 132 valence electrons. The molecule has 8 nitrogen and oxygen atoms in total. The highest BCUT2D eigenvalue weighted by atomic mass is 16.8. The molecule has 2 aromatic carbocycles. The number of nitrogens with zero attached hydrogens (tertiary/aromatic N) is 4. The predicted octanol–water partition coefficient (Wildman–Crippen LogP) is 3.24. The van der Waals surface area contributed by atoms with Gasteiger partial charge < -0.3 is 9.47 Å². The number of benzene rings is 2. The first-order chi connectivity index (χ1) is 11.9. The molecule has 2 N–H and O–H groups in total. The second-order valence-electron chi connectivity index (χ2n) is 6.26. The lowest BCUT2D eigenvalue weighted by molar-refractivity contribution is -0.384. The molecule has 0 amide bonds. The van der Waals surface area contributed by atoms with Crippen LogP contribution in [0.25, 0.3) is 21.8 Å². The van der Waals surface area contributed by atoms with Crippen LogP contribution in [0.2, 0.25) is 0 Å². The molecule has 0 saturated heterocycles. The van der Waals surface area contributed by atoms with E-state index in [-0.39, 0.29) is 16.6 Å². The fourth-order valence-corrected chi connectivity index (χ4v) is 3.10. The Kier molecular flexibility index (Phi) is 4.58. The van der Waals surface area contributed by atoms with Crippen molar-refractivity contribution in [2.75, 3.05) is 25.9 Å². The van der Waals surface area contributed by atoms with Crippen LogP contribution in [0.15, 0.2) is 36.4 Å². The first-order valence-electron chi connectivity index (χ1n) is 7.91. The highest BCUT2D eigenvalue weighted by molar-refractivity contribution is 6.09. The monoisotopic (exact) mass is 344 g/mol. The summed E-state index contributed by atoms with van der Waals surface area (Å²) in [4.78, 5) is 12.8. The number of non-ortho nitro benzene ring substituents is 1. The Hall–Kier alpha value is -2.68. The first-order valence-corrected chi connectivity index (χ1v) is 7.91. The van der Waals surface area contributed by atoms with Gasteiger partial charge in [-0.1, -0.05) is 0 Å². The van der Waals surface area contributed by atoms with Gasteiger partial charge in [0.2, 0.25) is 0 Å². The van der Waals surface area contributed by atoms with Crippen molar-refractivity contribution in [3.05, 3.63) is 46.5 Å². The number of rotatable bonds is 6. The maximum atomic E-state index is 11.1. The van der Waals surface area contributed by atoms with Crippen LogP contribution in [0.3, 0.4) is 0 Å². The lowest BCUT2D eigenvalue weighted by atomic mass is 10.1. The second-order valence-corrected chi connectivity index (χ2v) is 6.26. The van der Waals surface area contributed by atoms with E-state index >= 15 is 0 Å². The molecule has 3 aromatic rings. The van der Waals surface area contributed by atoms with E-state index in [1.54, 1.807) is 24.3 Å². The molecule has 0 unspecified atom stereocenters. The van der Waals surface area contributed by atoms with E-state index in [4.69, 9.17) is 0 Å². The van der Waals surface area contributed by atoms with E-state index in [9.17, 15) is 20.5 Å². The maximum absolute atomic E-state index is 11.1. The van der Waals surface area contributed by atoms with E-state index in [1.807, 2.05) is 14.1 Å². The molecule has 0 spiro atoms. The summed E-state index contributed by atoms with van der Waals surface area (Å²) in [6.07, 6.45) is 0.927. The third-order valence-corrected chi connectivity index (χ3v) is 4.26. The third-order valence-electron chi connectivity index (χ3n) is 4.26. The summed E-state index contributed by atoms with van der Waals surface area (Å²) in [7, 11) is 4.02. The van der Waals surface area contributed by atoms with Crippen molar-refractivity contribution in [2.24, 2.45) is 0 Å². The average molecular weight is 344 g/mol. The highest BCUT2D eigenvalue weighted by Crippen LogP contribution is 2.34. The highest BCUT2D eigenvalue weighted by Gasteiger charge is 2.16. The largest absolute Gasteiger partial charge is 0.340 e. The molecule has 0 atom stereocenters. The van der Waals surface area contributed by atoms with Crippen molar-refractivity contribution in [3.8, 4) is 0 Å². The van der Waals surface area contributed by atoms with Crippen molar-refractivity contribution < 1.29 is 15.3 Å². The summed E-state index contributed by atoms with van der Waals surface area (Å²) in [6, 6.07) is 9.78. The van der Waals surface area contributed by atoms with Gasteiger partial charge in [-0.15, -0.1) is 5.23 Å². The second kappa shape index (κ2) is 6.67. The predicted molar refractivity (Wildman–Crippen MR) is 95.3 cm³/mol. The summed E-state index contributed by atoms with van der Waals surface area (Å²) >= 11 is 0. The fraction of sp³-hybridized carbons (Fsp3) is 0.294. The van der Waals surface area contributed by atoms with Crippen LogP contribution in [0.5, 0.6) is 0 Å². The van der Waals surface area contributed by atoms with Crippen LogP contribution >= 0.6 is 0 Å². The Bertz CT molecular complexity index is 933. The van der Waals surface area contributed by atoms with Crippen LogP contribution in [-0.2, 0) is 6.54 Å². The minimum absolute atomic E-state index is 0.00935. The summed E-state index contributed by atoms with van der Waals surface area (Å²) in [6.45, 7) is 1.69. The maximum Gasteiger partial charge on any atom is 0.270 e. The summed E-state index contributed by atoms with van der Waals surface area (Å²) in [5.74, 6) is 0. The first kappa shape index (κ1) is 17.2. The minimum atomic E-state index is -0.428. The molecule has 25 heavy (non-hydrogen) atoms. The Labute approximate surface area is 144 Å². The van der Waals surface area contributed by atoms with Gasteiger partial charge in [-0.05, 0) is 51.3 Å². The molecular formula is C17H20N4O4. The van der Waals surface area contributed by atoms with Gasteiger partial charge in [-0.3, -0.25) is 20.5 Å². The molecule has 0 radical (unpaired) electrons. The standard InChI is InChI=1S/C17H20N4O4/c1-18(2)8-3-9-19-16-6-4-12(20(22)23)10-14(16)15-11-13(21(24)25)5-7-17(15)19/h4-7,10-11,22-23H,3,8-9H2,1-2H3. The van der Waals surface area contributed by atoms with E-state index in [0.29, 0.717) is 0 Å². The van der Waals surface area contributed by atoms with Crippen LogP contribution in [0.4, 0.5) is 11.4 Å². The summed E-state index contributed by atoms with van der Waals surface area (Å²) in [5, 5.41) is 31.2. The number of hydrogen-bond acceptors (Lipinski definition) is 6. The molecule has 1 heterocycles. The summed E-state index contributed by atoms with van der Waals surface area (Å²) < 4.78 is 2.11. The lowest BCUT2D eigenvalue weighted by Crippen LogP contribution is -2.15. The topological polar surface area (TPSA) is 95.0 Å². The average Bonchev–Trinajstić information content (AvgIpc) is 2.87. The van der Waals surface area contributed by atoms with Crippen molar-refractivity contribution >= 4 is 33.2 Å². The molecule has 0 saturated carbocycles. The smallest absolute Gasteiger partial charge is 0.270 e. The molecule has 0 aliphatic heterocycles.